The van der Waals surface area contributed by atoms with Crippen molar-refractivity contribution in [3.05, 3.63) is 0 Å². The van der Waals surface area contributed by atoms with Crippen molar-refractivity contribution in [3.8, 4) is 0 Å². The third kappa shape index (κ3) is 3.43. The number of likely N-dealkylation sites (tertiary alicyclic amines) is 1. The largest absolute Gasteiger partial charge is 0.368 e. The van der Waals surface area contributed by atoms with Gasteiger partial charge in [0.1, 0.15) is 5.54 Å². The SMILES string of the molecule is CCCN1[C@H](C(C)C)CCC[C@@]1(C(N)=O)C(C)C.Cl. The molecule has 0 aromatic heterocycles. The molecule has 0 aromatic carbocycles. The lowest BCUT2D eigenvalue weighted by Gasteiger charge is -2.53. The van der Waals surface area contributed by atoms with Crippen LogP contribution in [0.2, 0.25) is 0 Å². The van der Waals surface area contributed by atoms with Gasteiger partial charge in [-0.25, -0.2) is 0 Å². The van der Waals surface area contributed by atoms with E-state index in [9.17, 15) is 4.79 Å². The highest BCUT2D eigenvalue weighted by molar-refractivity contribution is 5.85. The molecule has 2 atom stereocenters. The Bertz CT molecular complexity index is 294. The number of piperidine rings is 1. The molecule has 1 rings (SSSR count). The highest BCUT2D eigenvalue weighted by Crippen LogP contribution is 2.39. The Labute approximate surface area is 124 Å². The second-order valence-corrected chi connectivity index (χ2v) is 6.34. The number of halogens is 1. The lowest BCUT2D eigenvalue weighted by molar-refractivity contribution is -0.142. The van der Waals surface area contributed by atoms with Crippen LogP contribution in [0.15, 0.2) is 0 Å². The van der Waals surface area contributed by atoms with E-state index in [2.05, 4.69) is 39.5 Å². The zero-order valence-electron chi connectivity index (χ0n) is 13.1. The Hall–Kier alpha value is -0.280. The normalized spacial score (nSPS) is 28.5. The Morgan fingerprint density at radius 2 is 1.95 bits per heavy atom. The summed E-state index contributed by atoms with van der Waals surface area (Å²) < 4.78 is 0. The van der Waals surface area contributed by atoms with Gasteiger partial charge in [0, 0.05) is 6.04 Å². The maximum Gasteiger partial charge on any atom is 0.238 e. The summed E-state index contributed by atoms with van der Waals surface area (Å²) in [5, 5.41) is 0. The predicted octanol–water partition coefficient (Wildman–Crippen LogP) is 3.21. The molecule has 1 aliphatic heterocycles. The quantitative estimate of drug-likeness (QED) is 0.845. The van der Waals surface area contributed by atoms with Gasteiger partial charge in [0.2, 0.25) is 5.91 Å². The summed E-state index contributed by atoms with van der Waals surface area (Å²) in [6, 6.07) is 0.494. The summed E-state index contributed by atoms with van der Waals surface area (Å²) in [5.74, 6) is 0.730. The molecular formula is C15H31ClN2O. The van der Waals surface area contributed by atoms with E-state index in [0.717, 1.165) is 25.8 Å². The highest BCUT2D eigenvalue weighted by Gasteiger charge is 2.49. The smallest absolute Gasteiger partial charge is 0.238 e. The molecule has 0 unspecified atom stereocenters. The number of nitrogens with two attached hydrogens (primary N) is 1. The summed E-state index contributed by atoms with van der Waals surface area (Å²) in [7, 11) is 0. The first-order chi connectivity index (χ1) is 8.37. The molecule has 1 saturated heterocycles. The van der Waals surface area contributed by atoms with Gasteiger partial charge in [-0.2, -0.15) is 0 Å². The molecular weight excluding hydrogens is 260 g/mol. The molecule has 1 fully saturated rings. The zero-order valence-corrected chi connectivity index (χ0v) is 13.9. The molecule has 1 aliphatic rings. The minimum atomic E-state index is -0.427. The number of nitrogens with zero attached hydrogens (tertiary/aromatic N) is 1. The third-order valence-electron chi connectivity index (χ3n) is 4.59. The third-order valence-corrected chi connectivity index (χ3v) is 4.59. The standard InChI is InChI=1S/C15H30N2O.ClH/c1-6-10-17-13(11(2)3)8-7-9-15(17,12(4)5)14(16)18;/h11-13H,6-10H2,1-5H3,(H2,16,18);1H/t13-,15-;/m0./s1. The van der Waals surface area contributed by atoms with Crippen LogP contribution in [0.5, 0.6) is 0 Å². The number of primary amides is 1. The minimum Gasteiger partial charge on any atom is -0.368 e. The van der Waals surface area contributed by atoms with Crippen molar-refractivity contribution in [2.75, 3.05) is 6.54 Å². The van der Waals surface area contributed by atoms with Crippen LogP contribution in [0.1, 0.15) is 60.3 Å². The number of hydrogen-bond acceptors (Lipinski definition) is 2. The Morgan fingerprint density at radius 1 is 1.37 bits per heavy atom. The monoisotopic (exact) mass is 290 g/mol. The van der Waals surface area contributed by atoms with Crippen LogP contribution < -0.4 is 5.73 Å². The van der Waals surface area contributed by atoms with Gasteiger partial charge in [-0.15, -0.1) is 12.4 Å². The fraction of sp³-hybridized carbons (Fsp3) is 0.933. The maximum atomic E-state index is 12.2. The second-order valence-electron chi connectivity index (χ2n) is 6.34. The minimum absolute atomic E-state index is 0. The van der Waals surface area contributed by atoms with Crippen LogP contribution in [0.3, 0.4) is 0 Å². The molecule has 0 bridgehead atoms. The Morgan fingerprint density at radius 3 is 2.32 bits per heavy atom. The van der Waals surface area contributed by atoms with E-state index < -0.39 is 5.54 Å². The summed E-state index contributed by atoms with van der Waals surface area (Å²) in [4.78, 5) is 14.6. The Kier molecular flexibility index (Phi) is 7.38. The molecule has 1 heterocycles. The first-order valence-electron chi connectivity index (χ1n) is 7.44. The first kappa shape index (κ1) is 18.7. The summed E-state index contributed by atoms with van der Waals surface area (Å²) in [5.41, 5.74) is 5.38. The molecule has 3 nitrogen and oxygen atoms in total. The van der Waals surface area contributed by atoms with Crippen LogP contribution in [0.4, 0.5) is 0 Å². The number of rotatable bonds is 5. The van der Waals surface area contributed by atoms with E-state index in [-0.39, 0.29) is 24.2 Å². The van der Waals surface area contributed by atoms with Crippen LogP contribution in [-0.4, -0.2) is 28.9 Å². The average Bonchev–Trinajstić information content (AvgIpc) is 2.28. The first-order valence-corrected chi connectivity index (χ1v) is 7.44. The van der Waals surface area contributed by atoms with Crippen LogP contribution in [0.25, 0.3) is 0 Å². The van der Waals surface area contributed by atoms with Crippen LogP contribution >= 0.6 is 12.4 Å². The van der Waals surface area contributed by atoms with Crippen molar-refractivity contribution in [2.24, 2.45) is 17.6 Å². The van der Waals surface area contributed by atoms with Gasteiger partial charge < -0.3 is 5.73 Å². The maximum absolute atomic E-state index is 12.2. The van der Waals surface area contributed by atoms with E-state index in [1.165, 1.54) is 6.42 Å². The van der Waals surface area contributed by atoms with Gasteiger partial charge in [-0.3, -0.25) is 9.69 Å². The lowest BCUT2D eigenvalue weighted by Crippen LogP contribution is -2.66. The van der Waals surface area contributed by atoms with E-state index in [0.29, 0.717) is 12.0 Å². The molecule has 2 N–H and O–H groups in total. The molecule has 4 heteroatoms. The number of carbonyl (C=O) groups is 1. The van der Waals surface area contributed by atoms with Crippen molar-refractivity contribution in [2.45, 2.75) is 71.9 Å². The molecule has 0 spiro atoms. The van der Waals surface area contributed by atoms with E-state index in [1.54, 1.807) is 0 Å². The van der Waals surface area contributed by atoms with Crippen LogP contribution in [0, 0.1) is 11.8 Å². The van der Waals surface area contributed by atoms with Crippen molar-refractivity contribution in [1.82, 2.24) is 4.90 Å². The van der Waals surface area contributed by atoms with E-state index >= 15 is 0 Å². The zero-order chi connectivity index (χ0) is 13.9. The number of carbonyl (C=O) groups excluding carboxylic acids is 1. The number of amides is 1. The second kappa shape index (κ2) is 7.49. The molecule has 0 saturated carbocycles. The highest BCUT2D eigenvalue weighted by atomic mass is 35.5. The number of hydrogen-bond donors (Lipinski definition) is 1. The van der Waals surface area contributed by atoms with Crippen molar-refractivity contribution >= 4 is 18.3 Å². The molecule has 0 radical (unpaired) electrons. The predicted molar refractivity (Wildman–Crippen MR) is 83.5 cm³/mol. The molecule has 1 amide bonds. The summed E-state index contributed by atoms with van der Waals surface area (Å²) in [6.07, 6.45) is 4.30. The van der Waals surface area contributed by atoms with Crippen LogP contribution in [-0.2, 0) is 4.79 Å². The van der Waals surface area contributed by atoms with Crippen molar-refractivity contribution in [3.63, 3.8) is 0 Å². The average molecular weight is 291 g/mol. The lowest BCUT2D eigenvalue weighted by atomic mass is 9.73. The Balaban J connectivity index is 0.00000324. The fourth-order valence-electron chi connectivity index (χ4n) is 3.65. The molecule has 0 aromatic rings. The van der Waals surface area contributed by atoms with Gasteiger partial charge >= 0.3 is 0 Å². The van der Waals surface area contributed by atoms with Crippen molar-refractivity contribution in [1.29, 1.82) is 0 Å². The topological polar surface area (TPSA) is 46.3 Å². The molecule has 19 heavy (non-hydrogen) atoms. The molecule has 0 aliphatic carbocycles. The summed E-state index contributed by atoms with van der Waals surface area (Å²) >= 11 is 0. The summed E-state index contributed by atoms with van der Waals surface area (Å²) in [6.45, 7) is 11.9. The van der Waals surface area contributed by atoms with Gasteiger partial charge in [0.05, 0.1) is 0 Å². The van der Waals surface area contributed by atoms with E-state index in [1.807, 2.05) is 0 Å². The fourth-order valence-corrected chi connectivity index (χ4v) is 3.65. The van der Waals surface area contributed by atoms with Crippen molar-refractivity contribution < 1.29 is 4.79 Å². The van der Waals surface area contributed by atoms with Gasteiger partial charge in [-0.05, 0) is 44.1 Å². The van der Waals surface area contributed by atoms with Gasteiger partial charge in [0.25, 0.3) is 0 Å². The van der Waals surface area contributed by atoms with Gasteiger partial charge in [-0.1, -0.05) is 34.6 Å². The van der Waals surface area contributed by atoms with Gasteiger partial charge in [0.15, 0.2) is 0 Å². The van der Waals surface area contributed by atoms with E-state index in [4.69, 9.17) is 5.73 Å². The molecule has 114 valence electrons.